The normalized spacial score (nSPS) is 10.2. The molecule has 0 fully saturated rings. The van der Waals surface area contributed by atoms with Crippen molar-refractivity contribution in [3.63, 3.8) is 0 Å². The molecule has 0 unspecified atom stereocenters. The van der Waals surface area contributed by atoms with Crippen LogP contribution in [0.1, 0.15) is 46.0 Å². The van der Waals surface area contributed by atoms with Gasteiger partial charge in [-0.25, -0.2) is 0 Å². The first-order valence-corrected chi connectivity index (χ1v) is 9.23. The van der Waals surface area contributed by atoms with Crippen molar-refractivity contribution >= 4 is 17.7 Å². The Bertz CT molecular complexity index is 797. The summed E-state index contributed by atoms with van der Waals surface area (Å²) in [4.78, 5) is 35.9. The molecule has 1 amide bonds. The second kappa shape index (κ2) is 10.9. The highest BCUT2D eigenvalue weighted by atomic mass is 16.5. The molecule has 6 nitrogen and oxygen atoms in total. The molecular weight excluding hydrogens is 358 g/mol. The molecule has 1 N–H and O–H groups in total. The zero-order valence-electron chi connectivity index (χ0n) is 16.2. The van der Waals surface area contributed by atoms with Crippen LogP contribution in [0.5, 0.6) is 5.75 Å². The average Bonchev–Trinajstić information content (AvgIpc) is 2.74. The first-order chi connectivity index (χ1) is 13.5. The van der Waals surface area contributed by atoms with E-state index in [2.05, 4.69) is 12.2 Å². The number of carbonyl (C=O) groups is 3. The number of ether oxygens (including phenoxy) is 2. The largest absolute Gasteiger partial charge is 0.497 e. The Hall–Kier alpha value is -3.15. The van der Waals surface area contributed by atoms with Crippen LogP contribution < -0.4 is 10.1 Å². The standard InChI is InChI=1S/C22H25NO5/c1-3-4-5-16-6-8-17(9-7-16)20(24)15-28-21(25)14-23-22(26)18-10-12-19(27-2)13-11-18/h6-13H,3-5,14-15H2,1-2H3,(H,23,26). The minimum Gasteiger partial charge on any atom is -0.497 e. The van der Waals surface area contributed by atoms with Crippen molar-refractivity contribution in [2.75, 3.05) is 20.3 Å². The summed E-state index contributed by atoms with van der Waals surface area (Å²) in [7, 11) is 1.53. The van der Waals surface area contributed by atoms with Gasteiger partial charge in [-0.3, -0.25) is 14.4 Å². The number of unbranched alkanes of at least 4 members (excludes halogenated alkanes) is 1. The van der Waals surface area contributed by atoms with E-state index in [9.17, 15) is 14.4 Å². The second-order valence-corrected chi connectivity index (χ2v) is 6.30. The maximum Gasteiger partial charge on any atom is 0.325 e. The Balaban J connectivity index is 1.75. The summed E-state index contributed by atoms with van der Waals surface area (Å²) in [6, 6.07) is 13.8. The molecule has 2 aromatic rings. The van der Waals surface area contributed by atoms with E-state index in [1.165, 1.54) is 12.7 Å². The number of methoxy groups -OCH3 is 1. The molecule has 28 heavy (non-hydrogen) atoms. The first kappa shape index (κ1) is 21.2. The van der Waals surface area contributed by atoms with Crippen molar-refractivity contribution in [3.8, 4) is 5.75 Å². The van der Waals surface area contributed by atoms with Gasteiger partial charge in [0.05, 0.1) is 7.11 Å². The van der Waals surface area contributed by atoms with Crippen molar-refractivity contribution in [3.05, 3.63) is 65.2 Å². The molecule has 148 valence electrons. The van der Waals surface area contributed by atoms with Gasteiger partial charge in [0.1, 0.15) is 12.3 Å². The second-order valence-electron chi connectivity index (χ2n) is 6.30. The third kappa shape index (κ3) is 6.54. The molecule has 0 aromatic heterocycles. The van der Waals surface area contributed by atoms with Gasteiger partial charge in [0, 0.05) is 11.1 Å². The van der Waals surface area contributed by atoms with Crippen molar-refractivity contribution in [1.29, 1.82) is 0 Å². The predicted octanol–water partition coefficient (Wildman–Crippen LogP) is 3.19. The van der Waals surface area contributed by atoms with E-state index in [4.69, 9.17) is 9.47 Å². The number of amides is 1. The number of aryl methyl sites for hydroxylation is 1. The van der Waals surface area contributed by atoms with Gasteiger partial charge in [0.25, 0.3) is 5.91 Å². The van der Waals surface area contributed by atoms with Crippen LogP contribution in [-0.4, -0.2) is 37.9 Å². The van der Waals surface area contributed by atoms with Crippen LogP contribution in [0, 0.1) is 0 Å². The van der Waals surface area contributed by atoms with E-state index in [1.54, 1.807) is 36.4 Å². The molecular formula is C22H25NO5. The topological polar surface area (TPSA) is 81.7 Å². The van der Waals surface area contributed by atoms with Crippen LogP contribution >= 0.6 is 0 Å². The zero-order chi connectivity index (χ0) is 20.4. The molecule has 2 aromatic carbocycles. The molecule has 0 saturated carbocycles. The molecule has 0 atom stereocenters. The molecule has 0 saturated heterocycles. The van der Waals surface area contributed by atoms with E-state index in [0.717, 1.165) is 19.3 Å². The summed E-state index contributed by atoms with van der Waals surface area (Å²) in [5.41, 5.74) is 2.07. The summed E-state index contributed by atoms with van der Waals surface area (Å²) < 4.78 is 9.98. The van der Waals surface area contributed by atoms with Crippen LogP contribution in [0.2, 0.25) is 0 Å². The van der Waals surface area contributed by atoms with E-state index < -0.39 is 11.9 Å². The zero-order valence-corrected chi connectivity index (χ0v) is 16.2. The summed E-state index contributed by atoms with van der Waals surface area (Å²) in [6.45, 7) is 1.46. The fraction of sp³-hybridized carbons (Fsp3) is 0.318. The minimum atomic E-state index is -0.672. The van der Waals surface area contributed by atoms with Crippen molar-refractivity contribution in [1.82, 2.24) is 5.32 Å². The van der Waals surface area contributed by atoms with Gasteiger partial charge >= 0.3 is 5.97 Å². The number of hydrogen-bond acceptors (Lipinski definition) is 5. The molecule has 2 rings (SSSR count). The van der Waals surface area contributed by atoms with Crippen molar-refractivity contribution in [2.24, 2.45) is 0 Å². The molecule has 0 aliphatic rings. The van der Waals surface area contributed by atoms with Gasteiger partial charge in [-0.1, -0.05) is 37.6 Å². The van der Waals surface area contributed by atoms with Gasteiger partial charge in [-0.15, -0.1) is 0 Å². The first-order valence-electron chi connectivity index (χ1n) is 9.23. The molecule has 0 bridgehead atoms. The Morgan fingerprint density at radius 2 is 1.57 bits per heavy atom. The van der Waals surface area contributed by atoms with Gasteiger partial charge in [-0.2, -0.15) is 0 Å². The smallest absolute Gasteiger partial charge is 0.325 e. The van der Waals surface area contributed by atoms with E-state index in [1.807, 2.05) is 12.1 Å². The SMILES string of the molecule is CCCCc1ccc(C(=O)COC(=O)CNC(=O)c2ccc(OC)cc2)cc1. The molecule has 0 radical (unpaired) electrons. The highest BCUT2D eigenvalue weighted by Crippen LogP contribution is 2.11. The highest BCUT2D eigenvalue weighted by Gasteiger charge is 2.12. The van der Waals surface area contributed by atoms with Gasteiger partial charge in [0.2, 0.25) is 0 Å². The van der Waals surface area contributed by atoms with E-state index in [-0.39, 0.29) is 18.9 Å². The van der Waals surface area contributed by atoms with E-state index in [0.29, 0.717) is 16.9 Å². The van der Waals surface area contributed by atoms with Crippen LogP contribution in [0.15, 0.2) is 48.5 Å². The number of Topliss-reactive ketones (excluding diaryl/α,β-unsaturated/α-hetero) is 1. The van der Waals surface area contributed by atoms with E-state index >= 15 is 0 Å². The third-order valence-corrected chi connectivity index (χ3v) is 4.20. The van der Waals surface area contributed by atoms with Gasteiger partial charge in [0.15, 0.2) is 12.4 Å². The lowest BCUT2D eigenvalue weighted by Crippen LogP contribution is -2.31. The summed E-state index contributed by atoms with van der Waals surface area (Å²) in [6.07, 6.45) is 3.20. The number of carbonyl (C=O) groups excluding carboxylic acids is 3. The maximum absolute atomic E-state index is 12.1. The number of benzene rings is 2. The summed E-state index contributed by atoms with van der Waals surface area (Å²) >= 11 is 0. The Kier molecular flexibility index (Phi) is 8.21. The fourth-order valence-electron chi connectivity index (χ4n) is 2.52. The monoisotopic (exact) mass is 383 g/mol. The highest BCUT2D eigenvalue weighted by molar-refractivity contribution is 5.98. The number of esters is 1. The lowest BCUT2D eigenvalue weighted by atomic mass is 10.0. The average molecular weight is 383 g/mol. The van der Waals surface area contributed by atoms with Gasteiger partial charge < -0.3 is 14.8 Å². The number of nitrogens with one attached hydrogen (secondary N) is 1. The Labute approximate surface area is 164 Å². The van der Waals surface area contributed by atoms with Crippen molar-refractivity contribution in [2.45, 2.75) is 26.2 Å². The fourth-order valence-corrected chi connectivity index (χ4v) is 2.52. The third-order valence-electron chi connectivity index (χ3n) is 4.20. The van der Waals surface area contributed by atoms with Crippen LogP contribution in [-0.2, 0) is 16.0 Å². The summed E-state index contributed by atoms with van der Waals surface area (Å²) in [5.74, 6) is -0.729. The minimum absolute atomic E-state index is 0.281. The van der Waals surface area contributed by atoms with Gasteiger partial charge in [-0.05, 0) is 42.7 Å². The van der Waals surface area contributed by atoms with Crippen LogP contribution in [0.25, 0.3) is 0 Å². The maximum atomic E-state index is 12.1. The Morgan fingerprint density at radius 3 is 2.18 bits per heavy atom. The molecule has 0 heterocycles. The lowest BCUT2D eigenvalue weighted by molar-refractivity contribution is -0.141. The molecule has 0 aliphatic heterocycles. The molecule has 6 heteroatoms. The number of hydrogen-bond donors (Lipinski definition) is 1. The van der Waals surface area contributed by atoms with Crippen LogP contribution in [0.3, 0.4) is 0 Å². The van der Waals surface area contributed by atoms with Crippen molar-refractivity contribution < 1.29 is 23.9 Å². The summed E-state index contributed by atoms with van der Waals surface area (Å²) in [5, 5.41) is 2.46. The molecule has 0 aliphatic carbocycles. The lowest BCUT2D eigenvalue weighted by Gasteiger charge is -2.07. The van der Waals surface area contributed by atoms with Crippen LogP contribution in [0.4, 0.5) is 0 Å². The predicted molar refractivity (Wildman–Crippen MR) is 106 cm³/mol. The quantitative estimate of drug-likeness (QED) is 0.503. The molecule has 0 spiro atoms. The Morgan fingerprint density at radius 1 is 0.929 bits per heavy atom. The number of rotatable bonds is 10. The number of ketones is 1.